The maximum absolute atomic E-state index is 15.6. The molecule has 1 fully saturated rings. The third-order valence-electron chi connectivity index (χ3n) is 6.72. The second-order valence-electron chi connectivity index (χ2n) is 10.2. The maximum atomic E-state index is 15.6. The number of aromatic nitrogens is 3. The zero-order chi connectivity index (χ0) is 31.9. The molecule has 1 unspecified atom stereocenters. The molecule has 2 aromatic heterocycles. The fraction of sp³-hybridized carbons (Fsp3) is 0.250. The first-order valence-corrected chi connectivity index (χ1v) is 13.3. The van der Waals surface area contributed by atoms with E-state index in [1.807, 2.05) is 0 Å². The van der Waals surface area contributed by atoms with Crippen LogP contribution in [0.3, 0.4) is 0 Å². The number of hydrogen-bond donors (Lipinski definition) is 4. The molecular weight excluding hydrogens is 585 g/mol. The van der Waals surface area contributed by atoms with E-state index in [4.69, 9.17) is 10.5 Å². The van der Waals surface area contributed by atoms with Crippen molar-refractivity contribution in [1.29, 1.82) is 0 Å². The standard InChI is InChI=1S/C28H27F3N8O5/c1-13(2)38-28(43)37(15-4-6-17(29)18(30)10-15)27(42)23(24(32)41)39(38)16-5-7-20(19(31)11-16)44-21-8-9-33-25-22(21)26(36-35-25)34-14(3)12-40/h4-11,13-14,23,40H,12H2,1-3H3,(H2,32,41)(H2,33,34,35,36)/t14?,23-/m0/s1. The molecule has 13 nitrogen and oxygen atoms in total. The number of aliphatic hydroxyl groups excluding tert-OH is 1. The van der Waals surface area contributed by atoms with E-state index in [1.54, 1.807) is 20.8 Å². The number of imide groups is 1. The van der Waals surface area contributed by atoms with Crippen molar-refractivity contribution in [1.82, 2.24) is 20.2 Å². The normalized spacial score (nSPS) is 16.2. The molecule has 5 N–H and O–H groups in total. The molecule has 0 aliphatic carbocycles. The predicted molar refractivity (Wildman–Crippen MR) is 152 cm³/mol. The van der Waals surface area contributed by atoms with E-state index in [2.05, 4.69) is 20.5 Å². The number of nitrogens with two attached hydrogens (primary N) is 1. The first-order valence-electron chi connectivity index (χ1n) is 13.3. The van der Waals surface area contributed by atoms with Crippen LogP contribution in [0.5, 0.6) is 11.5 Å². The molecule has 16 heteroatoms. The zero-order valence-electron chi connectivity index (χ0n) is 23.6. The van der Waals surface area contributed by atoms with Crippen molar-refractivity contribution in [2.45, 2.75) is 38.9 Å². The van der Waals surface area contributed by atoms with E-state index in [-0.39, 0.29) is 35.5 Å². The van der Waals surface area contributed by atoms with Crippen LogP contribution in [0.2, 0.25) is 0 Å². The summed E-state index contributed by atoms with van der Waals surface area (Å²) in [6.07, 6.45) is 1.42. The van der Waals surface area contributed by atoms with Crippen molar-refractivity contribution in [2.75, 3.05) is 21.8 Å². The number of fused-ring (bicyclic) bond motifs is 1. The lowest BCUT2D eigenvalue weighted by atomic mass is 10.1. The highest BCUT2D eigenvalue weighted by atomic mass is 19.2. The summed E-state index contributed by atoms with van der Waals surface area (Å²) in [6, 6.07) is 3.42. The highest BCUT2D eigenvalue weighted by Gasteiger charge is 2.50. The Hall–Kier alpha value is -5.38. The number of urea groups is 1. The largest absolute Gasteiger partial charge is 0.453 e. The SMILES string of the molecule is CC(CO)Nc1n[nH]c2nccc(Oc3ccc(N4[C@@H](C(N)=O)C(=O)N(c5ccc(F)c(F)c5)C(=O)N4C(C)C)cc3F)c12. The van der Waals surface area contributed by atoms with Gasteiger partial charge in [0.15, 0.2) is 34.7 Å². The number of benzene rings is 2. The van der Waals surface area contributed by atoms with Gasteiger partial charge < -0.3 is 20.9 Å². The Bertz CT molecular complexity index is 1770. The second-order valence-corrected chi connectivity index (χ2v) is 10.2. The van der Waals surface area contributed by atoms with Gasteiger partial charge in [-0.15, -0.1) is 0 Å². The molecule has 3 heterocycles. The molecular formula is C28H27F3N8O5. The molecule has 1 saturated heterocycles. The van der Waals surface area contributed by atoms with Gasteiger partial charge in [0.25, 0.3) is 11.8 Å². The Morgan fingerprint density at radius 2 is 1.75 bits per heavy atom. The number of primary amides is 1. The summed E-state index contributed by atoms with van der Waals surface area (Å²) in [5.41, 5.74) is 5.52. The number of anilines is 3. The highest BCUT2D eigenvalue weighted by Crippen LogP contribution is 2.37. The molecule has 5 rings (SSSR count). The van der Waals surface area contributed by atoms with Crippen molar-refractivity contribution in [2.24, 2.45) is 5.73 Å². The number of amides is 4. The number of hydrogen-bond acceptors (Lipinski definition) is 9. The number of pyridine rings is 1. The van der Waals surface area contributed by atoms with E-state index in [0.29, 0.717) is 27.8 Å². The number of nitrogens with zero attached hydrogens (tertiary/aromatic N) is 5. The number of aromatic amines is 1. The third-order valence-corrected chi connectivity index (χ3v) is 6.72. The smallest absolute Gasteiger partial charge is 0.350 e. The fourth-order valence-corrected chi connectivity index (χ4v) is 4.71. The summed E-state index contributed by atoms with van der Waals surface area (Å²) in [6.45, 7) is 4.68. The van der Waals surface area contributed by atoms with Gasteiger partial charge in [-0.3, -0.25) is 19.7 Å². The Labute approximate surface area is 248 Å². The van der Waals surface area contributed by atoms with Crippen LogP contribution in [0.15, 0.2) is 48.7 Å². The summed E-state index contributed by atoms with van der Waals surface area (Å²) in [4.78, 5) is 44.5. The first kappa shape index (κ1) is 30.1. The lowest BCUT2D eigenvalue weighted by Gasteiger charge is -2.48. The van der Waals surface area contributed by atoms with Crippen molar-refractivity contribution < 1.29 is 37.4 Å². The van der Waals surface area contributed by atoms with Crippen LogP contribution in [-0.2, 0) is 9.59 Å². The van der Waals surface area contributed by atoms with Crippen LogP contribution >= 0.6 is 0 Å². The van der Waals surface area contributed by atoms with Crippen LogP contribution in [0.25, 0.3) is 11.0 Å². The van der Waals surface area contributed by atoms with Gasteiger partial charge in [0.05, 0.1) is 18.0 Å². The summed E-state index contributed by atoms with van der Waals surface area (Å²) in [5, 5.41) is 21.6. The molecule has 4 amide bonds. The average molecular weight is 613 g/mol. The monoisotopic (exact) mass is 612 g/mol. The van der Waals surface area contributed by atoms with Gasteiger partial charge in [-0.25, -0.2) is 32.9 Å². The number of carbonyl (C=O) groups excluding carboxylic acids is 3. The van der Waals surface area contributed by atoms with Gasteiger partial charge in [0, 0.05) is 36.5 Å². The van der Waals surface area contributed by atoms with Gasteiger partial charge in [0.2, 0.25) is 6.04 Å². The van der Waals surface area contributed by atoms with Gasteiger partial charge in [-0.05, 0) is 45.0 Å². The van der Waals surface area contributed by atoms with Gasteiger partial charge in [0.1, 0.15) is 11.1 Å². The average Bonchev–Trinajstić information content (AvgIpc) is 3.38. The fourth-order valence-electron chi connectivity index (χ4n) is 4.71. The molecule has 2 atom stereocenters. The summed E-state index contributed by atoms with van der Waals surface area (Å²) < 4.78 is 49.1. The molecule has 2 aromatic carbocycles. The van der Waals surface area contributed by atoms with Gasteiger partial charge >= 0.3 is 6.03 Å². The number of rotatable bonds is 9. The molecule has 230 valence electrons. The minimum absolute atomic E-state index is 0.0960. The van der Waals surface area contributed by atoms with Gasteiger partial charge in [-0.1, -0.05) is 0 Å². The topological polar surface area (TPSA) is 170 Å². The van der Waals surface area contributed by atoms with E-state index >= 15 is 4.39 Å². The lowest BCUT2D eigenvalue weighted by Crippen LogP contribution is -2.72. The molecule has 44 heavy (non-hydrogen) atoms. The van der Waals surface area contributed by atoms with Crippen molar-refractivity contribution >= 4 is 46.1 Å². The number of nitrogens with one attached hydrogen (secondary N) is 2. The number of halogens is 3. The van der Waals surface area contributed by atoms with E-state index < -0.39 is 47.4 Å². The molecule has 1 aliphatic rings. The van der Waals surface area contributed by atoms with Crippen LogP contribution < -0.4 is 25.7 Å². The highest BCUT2D eigenvalue weighted by molar-refractivity contribution is 6.25. The van der Waals surface area contributed by atoms with E-state index in [9.17, 15) is 28.3 Å². The van der Waals surface area contributed by atoms with E-state index in [1.165, 1.54) is 24.4 Å². The van der Waals surface area contributed by atoms with Crippen molar-refractivity contribution in [3.63, 3.8) is 0 Å². The van der Waals surface area contributed by atoms with Crippen LogP contribution in [-0.4, -0.2) is 67.9 Å². The van der Waals surface area contributed by atoms with E-state index in [0.717, 1.165) is 28.2 Å². The first-order chi connectivity index (χ1) is 20.9. The Kier molecular flexibility index (Phi) is 8.01. The second kappa shape index (κ2) is 11.7. The summed E-state index contributed by atoms with van der Waals surface area (Å²) in [7, 11) is 0. The molecule has 1 aliphatic heterocycles. The van der Waals surface area contributed by atoms with Crippen LogP contribution in [0, 0.1) is 17.5 Å². The minimum Gasteiger partial charge on any atom is -0.453 e. The number of ether oxygens (including phenoxy) is 1. The predicted octanol–water partition coefficient (Wildman–Crippen LogP) is 3.41. The molecule has 0 saturated carbocycles. The molecule has 0 bridgehead atoms. The quantitative estimate of drug-likeness (QED) is 0.207. The minimum atomic E-state index is -1.86. The van der Waals surface area contributed by atoms with Crippen LogP contribution in [0.4, 0.5) is 35.2 Å². The Morgan fingerprint density at radius 3 is 2.39 bits per heavy atom. The molecule has 0 spiro atoms. The van der Waals surface area contributed by atoms with Crippen molar-refractivity contribution in [3.8, 4) is 11.5 Å². The Morgan fingerprint density at radius 1 is 1.05 bits per heavy atom. The molecule has 4 aromatic rings. The Balaban J connectivity index is 1.52. The summed E-state index contributed by atoms with van der Waals surface area (Å²) in [5.74, 6) is -5.55. The maximum Gasteiger partial charge on any atom is 0.350 e. The van der Waals surface area contributed by atoms with Gasteiger partial charge in [-0.2, -0.15) is 5.10 Å². The number of aliphatic hydroxyl groups is 1. The van der Waals surface area contributed by atoms with Crippen LogP contribution in [0.1, 0.15) is 20.8 Å². The zero-order valence-corrected chi connectivity index (χ0v) is 23.6. The molecule has 0 radical (unpaired) electrons. The van der Waals surface area contributed by atoms with Crippen molar-refractivity contribution in [3.05, 3.63) is 66.1 Å². The number of carbonyl (C=O) groups is 3. The third kappa shape index (κ3) is 5.30. The number of H-pyrrole nitrogens is 1. The lowest BCUT2D eigenvalue weighted by molar-refractivity contribution is -0.130. The number of hydrazine groups is 1. The summed E-state index contributed by atoms with van der Waals surface area (Å²) >= 11 is 0.